The monoisotopic (exact) mass is 432 g/mol. The molecule has 0 radical (unpaired) electrons. The molecule has 0 fully saturated rings. The van der Waals surface area contributed by atoms with Gasteiger partial charge in [-0.25, -0.2) is 0 Å². The van der Waals surface area contributed by atoms with E-state index in [1.807, 2.05) is 18.9 Å². The molecule has 170 valence electrons. The average molecular weight is 433 g/mol. The molecule has 4 N–H and O–H groups in total. The molecule has 0 amide bonds. The van der Waals surface area contributed by atoms with Crippen molar-refractivity contribution in [2.24, 2.45) is 9.98 Å². The number of allylic oxidation sites excluding steroid dienone is 1. The lowest BCUT2D eigenvalue weighted by atomic mass is 9.70. The number of nitrogens with two attached hydrogens (primary N) is 2. The minimum Gasteiger partial charge on any atom is -0.397 e. The second-order valence-corrected chi connectivity index (χ2v) is 9.90. The van der Waals surface area contributed by atoms with Crippen LogP contribution in [0.15, 0.2) is 46.0 Å². The summed E-state index contributed by atoms with van der Waals surface area (Å²) in [5.74, 6) is 2.59. The molecule has 2 aromatic rings. The molecule has 1 heterocycles. The van der Waals surface area contributed by atoms with Gasteiger partial charge in [-0.2, -0.15) is 0 Å². The van der Waals surface area contributed by atoms with E-state index in [1.165, 1.54) is 22.3 Å². The first-order chi connectivity index (χ1) is 15.0. The number of benzene rings is 2. The van der Waals surface area contributed by atoms with Crippen LogP contribution in [0.2, 0.25) is 0 Å². The van der Waals surface area contributed by atoms with E-state index in [0.717, 1.165) is 16.4 Å². The standard InChI is InChI=1S/C16H20N2.C10H14N2.CH2O/c1-9-8-16(4,5)18-15-7-13-11(3)10(2)12(13)6-14(15)17-9;1-5-6(2)8-4-10(12)9(11)3-7(5)8;1-2/h6-8,10-11H,1-5H3;3-6H,11-12H2,1-2H3;1H2. The Morgan fingerprint density at radius 1 is 0.750 bits per heavy atom. The lowest BCUT2D eigenvalue weighted by molar-refractivity contribution is -0.0979. The van der Waals surface area contributed by atoms with Gasteiger partial charge in [0, 0.05) is 5.70 Å². The number of fused-ring (bicyclic) bond motifs is 3. The molecule has 5 rings (SSSR count). The predicted octanol–water partition coefficient (Wildman–Crippen LogP) is 4.73. The van der Waals surface area contributed by atoms with Gasteiger partial charge in [0.2, 0.25) is 0 Å². The van der Waals surface area contributed by atoms with Gasteiger partial charge in [0.1, 0.15) is 6.79 Å². The second-order valence-electron chi connectivity index (χ2n) is 9.90. The first-order valence-corrected chi connectivity index (χ1v) is 11.3. The largest absolute Gasteiger partial charge is 0.397 e. The number of nitrogen functional groups attached to an aromatic ring is 2. The van der Waals surface area contributed by atoms with E-state index in [0.29, 0.717) is 35.0 Å². The summed E-state index contributed by atoms with van der Waals surface area (Å²) in [6.45, 7) is 17.4. The summed E-state index contributed by atoms with van der Waals surface area (Å²) >= 11 is 0. The highest BCUT2D eigenvalue weighted by atomic mass is 16.1. The summed E-state index contributed by atoms with van der Waals surface area (Å²) in [5, 5.41) is 2.08. The second kappa shape index (κ2) is 8.53. The van der Waals surface area contributed by atoms with Crippen LogP contribution in [0.4, 0.5) is 11.4 Å². The molecule has 0 aromatic heterocycles. The minimum absolute atomic E-state index is 0.161. The fourth-order valence-electron chi connectivity index (χ4n) is 5.00. The van der Waals surface area contributed by atoms with Crippen molar-refractivity contribution in [3.05, 3.63) is 69.0 Å². The molecule has 4 atom stereocenters. The van der Waals surface area contributed by atoms with Crippen molar-refractivity contribution >= 4 is 18.2 Å². The Labute approximate surface area is 191 Å². The first kappa shape index (κ1) is 23.7. The van der Waals surface area contributed by atoms with E-state index in [9.17, 15) is 0 Å². The third-order valence-corrected chi connectivity index (χ3v) is 7.20. The molecule has 2 aliphatic carbocycles. The molecule has 4 unspecified atom stereocenters. The molecular formula is C27H36N4O. The van der Waals surface area contributed by atoms with Crippen molar-refractivity contribution < 1.29 is 4.79 Å². The van der Waals surface area contributed by atoms with Crippen molar-refractivity contribution in [2.75, 3.05) is 11.5 Å². The summed E-state index contributed by atoms with van der Waals surface area (Å²) in [6.07, 6.45) is 2.14. The van der Waals surface area contributed by atoms with Crippen LogP contribution >= 0.6 is 0 Å². The maximum atomic E-state index is 8.00. The van der Waals surface area contributed by atoms with E-state index in [1.54, 1.807) is 0 Å². The highest BCUT2D eigenvalue weighted by Gasteiger charge is 2.32. The molecule has 0 bridgehead atoms. The summed E-state index contributed by atoms with van der Waals surface area (Å²) in [6, 6.07) is 8.50. The van der Waals surface area contributed by atoms with Crippen LogP contribution in [0.25, 0.3) is 0 Å². The topological polar surface area (TPSA) is 93.8 Å². The maximum Gasteiger partial charge on any atom is 0.106 e. The lowest BCUT2D eigenvalue weighted by Crippen LogP contribution is -2.34. The molecule has 0 spiro atoms. The van der Waals surface area contributed by atoms with Crippen LogP contribution in [-0.2, 0) is 4.79 Å². The number of hydrogen-bond donors (Lipinski definition) is 2. The molecule has 0 saturated carbocycles. The molecule has 3 aliphatic rings. The molecule has 32 heavy (non-hydrogen) atoms. The van der Waals surface area contributed by atoms with Crippen LogP contribution in [0.1, 0.15) is 94.4 Å². The Morgan fingerprint density at radius 2 is 1.12 bits per heavy atom. The molecule has 2 aromatic carbocycles. The predicted molar refractivity (Wildman–Crippen MR) is 133 cm³/mol. The van der Waals surface area contributed by atoms with Gasteiger partial charge in [0.15, 0.2) is 0 Å². The Kier molecular flexibility index (Phi) is 6.32. The van der Waals surface area contributed by atoms with Crippen LogP contribution in [0, 0.1) is 0 Å². The van der Waals surface area contributed by atoms with Gasteiger partial charge in [-0.05, 0) is 97.0 Å². The zero-order valence-electron chi connectivity index (χ0n) is 20.4. The molecule has 5 heteroatoms. The molecule has 0 saturated heterocycles. The summed E-state index contributed by atoms with van der Waals surface area (Å²) in [5.41, 5.74) is 19.4. The fourth-order valence-corrected chi connectivity index (χ4v) is 5.00. The SMILES string of the molecule is C=O.CC1=CC(C)(C)N=c2cc3c(cc2=N1)C(C)C3C.CC1c2cc(N)c(N)cc2C1C. The van der Waals surface area contributed by atoms with Crippen LogP contribution < -0.4 is 22.2 Å². The van der Waals surface area contributed by atoms with Gasteiger partial charge < -0.3 is 16.3 Å². The Morgan fingerprint density at radius 3 is 1.56 bits per heavy atom. The summed E-state index contributed by atoms with van der Waals surface area (Å²) < 4.78 is 0. The summed E-state index contributed by atoms with van der Waals surface area (Å²) in [4.78, 5) is 17.5. The molecular weight excluding hydrogens is 396 g/mol. The van der Waals surface area contributed by atoms with E-state index >= 15 is 0 Å². The van der Waals surface area contributed by atoms with Crippen LogP contribution in [0.3, 0.4) is 0 Å². The van der Waals surface area contributed by atoms with Crippen molar-refractivity contribution in [3.8, 4) is 0 Å². The quantitative estimate of drug-likeness (QED) is 0.589. The van der Waals surface area contributed by atoms with Crippen molar-refractivity contribution in [1.29, 1.82) is 0 Å². The van der Waals surface area contributed by atoms with E-state index in [-0.39, 0.29) is 5.54 Å². The van der Waals surface area contributed by atoms with Crippen molar-refractivity contribution in [2.45, 2.75) is 77.7 Å². The highest BCUT2D eigenvalue weighted by molar-refractivity contribution is 5.69. The van der Waals surface area contributed by atoms with Crippen molar-refractivity contribution in [1.82, 2.24) is 0 Å². The Bertz CT molecular complexity index is 1160. The normalized spacial score (nSPS) is 25.5. The number of rotatable bonds is 0. The van der Waals surface area contributed by atoms with E-state index in [2.05, 4.69) is 66.7 Å². The third kappa shape index (κ3) is 4.08. The van der Waals surface area contributed by atoms with Crippen LogP contribution in [-0.4, -0.2) is 12.3 Å². The Hall–Kier alpha value is -2.95. The van der Waals surface area contributed by atoms with Gasteiger partial charge in [0.05, 0.1) is 27.6 Å². The molecule has 1 aliphatic heterocycles. The highest BCUT2D eigenvalue weighted by Crippen LogP contribution is 2.48. The first-order valence-electron chi connectivity index (χ1n) is 11.3. The fraction of sp³-hybridized carbons (Fsp3) is 0.444. The maximum absolute atomic E-state index is 8.00. The van der Waals surface area contributed by atoms with E-state index < -0.39 is 0 Å². The lowest BCUT2D eigenvalue weighted by Gasteiger charge is -2.35. The zero-order valence-corrected chi connectivity index (χ0v) is 20.4. The number of hydrogen-bond acceptors (Lipinski definition) is 5. The number of nitrogens with zero attached hydrogens (tertiary/aromatic N) is 2. The number of anilines is 2. The summed E-state index contributed by atoms with van der Waals surface area (Å²) in [7, 11) is 0. The van der Waals surface area contributed by atoms with Gasteiger partial charge in [-0.3, -0.25) is 9.98 Å². The van der Waals surface area contributed by atoms with Gasteiger partial charge in [-0.1, -0.05) is 27.7 Å². The number of carbonyl (C=O) groups excluding carboxylic acids is 1. The van der Waals surface area contributed by atoms with E-state index in [4.69, 9.17) is 26.2 Å². The smallest absolute Gasteiger partial charge is 0.106 e. The number of carbonyl (C=O) groups is 1. The third-order valence-electron chi connectivity index (χ3n) is 7.20. The zero-order chi connectivity index (χ0) is 24.0. The minimum atomic E-state index is -0.161. The molecule has 5 nitrogen and oxygen atoms in total. The average Bonchev–Trinajstić information content (AvgIpc) is 2.88. The van der Waals surface area contributed by atoms with Gasteiger partial charge >= 0.3 is 0 Å². The Balaban J connectivity index is 0.000000180. The van der Waals surface area contributed by atoms with Crippen LogP contribution in [0.5, 0.6) is 0 Å². The van der Waals surface area contributed by atoms with Gasteiger partial charge in [-0.15, -0.1) is 0 Å². The van der Waals surface area contributed by atoms with Crippen molar-refractivity contribution in [3.63, 3.8) is 0 Å². The van der Waals surface area contributed by atoms with Gasteiger partial charge in [0.25, 0.3) is 0 Å².